The minimum Gasteiger partial charge on any atom is -0.312 e. The van der Waals surface area contributed by atoms with E-state index in [0.717, 1.165) is 13.1 Å². The summed E-state index contributed by atoms with van der Waals surface area (Å²) in [6.07, 6.45) is 5.83. The molecule has 1 aromatic rings. The highest BCUT2D eigenvalue weighted by Gasteiger charge is 1.97. The Kier molecular flexibility index (Phi) is 4.86. The van der Waals surface area contributed by atoms with E-state index in [-0.39, 0.29) is 0 Å². The molecule has 1 unspecified atom stereocenters. The first-order chi connectivity index (χ1) is 6.33. The maximum atomic E-state index is 4.06. The van der Waals surface area contributed by atoms with Gasteiger partial charge in [0.2, 0.25) is 0 Å². The Hall–Kier alpha value is -0.540. The number of thioether (sulfide) groups is 1. The first-order valence-electron chi connectivity index (χ1n) is 4.45. The highest BCUT2D eigenvalue weighted by Crippen LogP contribution is 2.03. The van der Waals surface area contributed by atoms with E-state index in [4.69, 9.17) is 0 Å². The summed E-state index contributed by atoms with van der Waals surface area (Å²) in [6.45, 7) is 4.19. The van der Waals surface area contributed by atoms with E-state index >= 15 is 0 Å². The Morgan fingerprint density at radius 3 is 3.08 bits per heavy atom. The molecule has 0 aromatic carbocycles. The van der Waals surface area contributed by atoms with Crippen LogP contribution in [0.1, 0.15) is 12.5 Å². The number of aromatic nitrogens is 1. The van der Waals surface area contributed by atoms with Crippen LogP contribution in [-0.4, -0.2) is 23.0 Å². The Bertz CT molecular complexity index is 226. The van der Waals surface area contributed by atoms with Crippen molar-refractivity contribution in [2.45, 2.75) is 18.7 Å². The highest BCUT2D eigenvalue weighted by atomic mass is 32.2. The minimum absolute atomic E-state index is 0.677. The van der Waals surface area contributed by atoms with Crippen molar-refractivity contribution in [3.05, 3.63) is 30.1 Å². The van der Waals surface area contributed by atoms with E-state index in [1.165, 1.54) is 5.56 Å². The first kappa shape index (κ1) is 10.5. The first-order valence-corrected chi connectivity index (χ1v) is 5.74. The molecule has 1 atom stereocenters. The lowest BCUT2D eigenvalue weighted by Crippen LogP contribution is -2.21. The molecule has 72 valence electrons. The fourth-order valence-corrected chi connectivity index (χ4v) is 1.29. The number of pyridine rings is 1. The Morgan fingerprint density at radius 1 is 1.62 bits per heavy atom. The van der Waals surface area contributed by atoms with Crippen LogP contribution >= 0.6 is 11.8 Å². The number of hydrogen-bond acceptors (Lipinski definition) is 3. The average Bonchev–Trinajstić information content (AvgIpc) is 2.19. The molecule has 0 radical (unpaired) electrons. The molecule has 1 aromatic heterocycles. The van der Waals surface area contributed by atoms with Crippen LogP contribution in [0.15, 0.2) is 24.5 Å². The summed E-state index contributed by atoms with van der Waals surface area (Å²) in [5, 5.41) is 4.07. The number of nitrogens with zero attached hydrogens (tertiary/aromatic N) is 1. The van der Waals surface area contributed by atoms with Gasteiger partial charge in [-0.1, -0.05) is 13.0 Å². The largest absolute Gasteiger partial charge is 0.312 e. The highest BCUT2D eigenvalue weighted by molar-refractivity contribution is 7.99. The van der Waals surface area contributed by atoms with E-state index in [0.29, 0.717) is 5.25 Å². The quantitative estimate of drug-likeness (QED) is 0.779. The van der Waals surface area contributed by atoms with Crippen LogP contribution in [0.5, 0.6) is 0 Å². The lowest BCUT2D eigenvalue weighted by atomic mass is 10.3. The predicted octanol–water partition coefficient (Wildman–Crippen LogP) is 1.92. The van der Waals surface area contributed by atoms with Crippen LogP contribution in [-0.2, 0) is 6.54 Å². The van der Waals surface area contributed by atoms with Crippen LogP contribution in [0.25, 0.3) is 0 Å². The van der Waals surface area contributed by atoms with E-state index in [1.54, 1.807) is 6.20 Å². The van der Waals surface area contributed by atoms with Crippen LogP contribution in [0.4, 0.5) is 0 Å². The number of hydrogen-bond donors (Lipinski definition) is 1. The van der Waals surface area contributed by atoms with Crippen molar-refractivity contribution >= 4 is 11.8 Å². The monoisotopic (exact) mass is 196 g/mol. The van der Waals surface area contributed by atoms with E-state index in [1.807, 2.05) is 24.0 Å². The zero-order chi connectivity index (χ0) is 9.52. The molecule has 2 nitrogen and oxygen atoms in total. The van der Waals surface area contributed by atoms with Gasteiger partial charge in [0.05, 0.1) is 0 Å². The van der Waals surface area contributed by atoms with Crippen molar-refractivity contribution in [2.24, 2.45) is 0 Å². The maximum Gasteiger partial charge on any atom is 0.0312 e. The SMILES string of the molecule is CSC(C)CNCc1cccnc1. The van der Waals surface area contributed by atoms with Crippen molar-refractivity contribution in [3.8, 4) is 0 Å². The van der Waals surface area contributed by atoms with Gasteiger partial charge in [0.1, 0.15) is 0 Å². The second-order valence-electron chi connectivity index (χ2n) is 3.04. The third kappa shape index (κ3) is 4.29. The third-order valence-corrected chi connectivity index (χ3v) is 2.86. The van der Waals surface area contributed by atoms with Gasteiger partial charge in [-0.15, -0.1) is 0 Å². The molecule has 0 amide bonds. The zero-order valence-corrected chi connectivity index (χ0v) is 8.97. The molecule has 0 spiro atoms. The standard InChI is InChI=1S/C10H16N2S/c1-9(13-2)6-12-8-10-4-3-5-11-7-10/h3-5,7,9,12H,6,8H2,1-2H3. The lowest BCUT2D eigenvalue weighted by molar-refractivity contribution is 0.683. The van der Waals surface area contributed by atoms with Gasteiger partial charge < -0.3 is 5.32 Å². The normalized spacial score (nSPS) is 12.8. The predicted molar refractivity (Wildman–Crippen MR) is 58.9 cm³/mol. The van der Waals surface area contributed by atoms with Gasteiger partial charge in [-0.25, -0.2) is 0 Å². The topological polar surface area (TPSA) is 24.9 Å². The van der Waals surface area contributed by atoms with Crippen LogP contribution < -0.4 is 5.32 Å². The van der Waals surface area contributed by atoms with Gasteiger partial charge in [0, 0.05) is 30.7 Å². The summed E-state index contributed by atoms with van der Waals surface area (Å²) in [7, 11) is 0. The molecular weight excluding hydrogens is 180 g/mol. The summed E-state index contributed by atoms with van der Waals surface area (Å²) < 4.78 is 0. The lowest BCUT2D eigenvalue weighted by Gasteiger charge is -2.09. The van der Waals surface area contributed by atoms with Gasteiger partial charge in [0.15, 0.2) is 0 Å². The summed E-state index contributed by atoms with van der Waals surface area (Å²) in [6, 6.07) is 4.05. The summed E-state index contributed by atoms with van der Waals surface area (Å²) in [4.78, 5) is 4.06. The van der Waals surface area contributed by atoms with E-state index < -0.39 is 0 Å². The maximum absolute atomic E-state index is 4.06. The molecule has 0 saturated heterocycles. The fourth-order valence-electron chi connectivity index (χ4n) is 1.01. The van der Waals surface area contributed by atoms with Crippen LogP contribution in [0.3, 0.4) is 0 Å². The second-order valence-corrected chi connectivity index (χ2v) is 4.31. The minimum atomic E-state index is 0.677. The van der Waals surface area contributed by atoms with Gasteiger partial charge in [-0.2, -0.15) is 11.8 Å². The second kappa shape index (κ2) is 6.00. The molecule has 0 saturated carbocycles. The number of nitrogens with one attached hydrogen (secondary N) is 1. The molecule has 0 fully saturated rings. The summed E-state index contributed by atoms with van der Waals surface area (Å²) >= 11 is 1.88. The molecule has 13 heavy (non-hydrogen) atoms. The number of rotatable bonds is 5. The average molecular weight is 196 g/mol. The van der Waals surface area contributed by atoms with E-state index in [9.17, 15) is 0 Å². The van der Waals surface area contributed by atoms with Crippen molar-refractivity contribution in [2.75, 3.05) is 12.8 Å². The molecule has 1 N–H and O–H groups in total. The van der Waals surface area contributed by atoms with E-state index in [2.05, 4.69) is 29.5 Å². The van der Waals surface area contributed by atoms with Gasteiger partial charge in [0.25, 0.3) is 0 Å². The molecule has 0 bridgehead atoms. The third-order valence-electron chi connectivity index (χ3n) is 1.89. The van der Waals surface area contributed by atoms with Crippen LogP contribution in [0, 0.1) is 0 Å². The molecule has 1 rings (SSSR count). The van der Waals surface area contributed by atoms with Crippen LogP contribution in [0.2, 0.25) is 0 Å². The van der Waals surface area contributed by atoms with Crippen molar-refractivity contribution in [1.82, 2.24) is 10.3 Å². The summed E-state index contributed by atoms with van der Waals surface area (Å²) in [5.74, 6) is 0. The van der Waals surface area contributed by atoms with Gasteiger partial charge >= 0.3 is 0 Å². The molecule has 0 aliphatic carbocycles. The Labute approximate surface area is 84.1 Å². The summed E-state index contributed by atoms with van der Waals surface area (Å²) in [5.41, 5.74) is 1.25. The fraction of sp³-hybridized carbons (Fsp3) is 0.500. The molecular formula is C10H16N2S. The Balaban J connectivity index is 2.20. The van der Waals surface area contributed by atoms with Gasteiger partial charge in [-0.05, 0) is 17.9 Å². The zero-order valence-electron chi connectivity index (χ0n) is 8.16. The van der Waals surface area contributed by atoms with Gasteiger partial charge in [-0.3, -0.25) is 4.98 Å². The smallest absolute Gasteiger partial charge is 0.0312 e. The molecule has 0 aliphatic rings. The Morgan fingerprint density at radius 2 is 2.46 bits per heavy atom. The van der Waals surface area contributed by atoms with Crippen molar-refractivity contribution < 1.29 is 0 Å². The molecule has 3 heteroatoms. The molecule has 0 aliphatic heterocycles. The molecule has 1 heterocycles. The van der Waals surface area contributed by atoms with Crippen molar-refractivity contribution in [1.29, 1.82) is 0 Å². The van der Waals surface area contributed by atoms with Crippen molar-refractivity contribution in [3.63, 3.8) is 0 Å².